The van der Waals surface area contributed by atoms with Gasteiger partial charge >= 0.3 is 5.97 Å². The molecule has 0 unspecified atom stereocenters. The number of carboxylic acids is 1. The van der Waals surface area contributed by atoms with Crippen molar-refractivity contribution >= 4 is 22.8 Å². The molecule has 1 aromatic heterocycles. The Morgan fingerprint density at radius 3 is 2.31 bits per heavy atom. The highest BCUT2D eigenvalue weighted by atomic mass is 16.4. The zero-order valence-corrected chi connectivity index (χ0v) is 21.3. The van der Waals surface area contributed by atoms with Gasteiger partial charge in [-0.25, -0.2) is 4.98 Å². The van der Waals surface area contributed by atoms with Crippen LogP contribution in [0.25, 0.3) is 22.2 Å². The first-order valence-electron chi connectivity index (χ1n) is 12.5. The van der Waals surface area contributed by atoms with Crippen molar-refractivity contribution in [3.63, 3.8) is 0 Å². The molecule has 0 spiro atoms. The van der Waals surface area contributed by atoms with Gasteiger partial charge in [-0.2, -0.15) is 0 Å². The van der Waals surface area contributed by atoms with Crippen LogP contribution in [0.1, 0.15) is 60.2 Å². The molecule has 0 saturated heterocycles. The molecule has 4 rings (SSSR count). The van der Waals surface area contributed by atoms with E-state index in [9.17, 15) is 9.59 Å². The van der Waals surface area contributed by atoms with Gasteiger partial charge in [0, 0.05) is 29.5 Å². The van der Waals surface area contributed by atoms with Crippen molar-refractivity contribution in [1.82, 2.24) is 10.3 Å². The lowest BCUT2D eigenvalue weighted by Crippen LogP contribution is -2.22. The minimum absolute atomic E-state index is 0.127. The van der Waals surface area contributed by atoms with E-state index < -0.39 is 5.97 Å². The molecule has 186 valence electrons. The summed E-state index contributed by atoms with van der Waals surface area (Å²) in [6, 6.07) is 25.7. The molecule has 0 saturated carbocycles. The average Bonchev–Trinajstić information content (AvgIpc) is 2.91. The molecule has 0 atom stereocenters. The highest BCUT2D eigenvalue weighted by Crippen LogP contribution is 2.28. The number of aryl methyl sites for hydroxylation is 2. The summed E-state index contributed by atoms with van der Waals surface area (Å²) in [5.41, 5.74) is 6.64. The number of carbonyl (C=O) groups excluding carboxylic acids is 1. The number of aliphatic carboxylic acids is 1. The van der Waals surface area contributed by atoms with Gasteiger partial charge in [0.25, 0.3) is 5.91 Å². The van der Waals surface area contributed by atoms with E-state index in [2.05, 4.69) is 11.4 Å². The molecule has 5 nitrogen and oxygen atoms in total. The second kappa shape index (κ2) is 13.2. The Morgan fingerprint density at radius 2 is 1.61 bits per heavy atom. The second-order valence-electron chi connectivity index (χ2n) is 8.54. The zero-order chi connectivity index (χ0) is 25.9. The van der Waals surface area contributed by atoms with Crippen molar-refractivity contribution in [2.45, 2.75) is 53.0 Å². The molecule has 0 aliphatic carbocycles. The maximum Gasteiger partial charge on any atom is 0.303 e. The number of fused-ring (bicyclic) bond motifs is 1. The van der Waals surface area contributed by atoms with E-state index in [1.165, 1.54) is 5.56 Å². The van der Waals surface area contributed by atoms with Gasteiger partial charge in [-0.3, -0.25) is 9.59 Å². The molecule has 4 aromatic rings. The number of pyridine rings is 1. The van der Waals surface area contributed by atoms with E-state index in [0.29, 0.717) is 18.5 Å². The van der Waals surface area contributed by atoms with Crippen molar-refractivity contribution in [3.05, 3.63) is 101 Å². The van der Waals surface area contributed by atoms with E-state index in [1.807, 2.05) is 87.5 Å². The topological polar surface area (TPSA) is 79.3 Å². The lowest BCUT2D eigenvalue weighted by molar-refractivity contribution is -0.137. The third-order valence-electron chi connectivity index (χ3n) is 5.86. The summed E-state index contributed by atoms with van der Waals surface area (Å²) >= 11 is 0. The molecule has 36 heavy (non-hydrogen) atoms. The van der Waals surface area contributed by atoms with E-state index >= 15 is 0 Å². The van der Waals surface area contributed by atoms with E-state index in [0.717, 1.165) is 46.1 Å². The number of hydrogen-bond donors (Lipinski definition) is 2. The van der Waals surface area contributed by atoms with Crippen LogP contribution in [0.3, 0.4) is 0 Å². The molecule has 0 fully saturated rings. The lowest BCUT2D eigenvalue weighted by atomic mass is 9.98. The molecule has 0 bridgehead atoms. The zero-order valence-electron chi connectivity index (χ0n) is 21.3. The van der Waals surface area contributed by atoms with Gasteiger partial charge in [0.1, 0.15) is 0 Å². The lowest BCUT2D eigenvalue weighted by Gasteiger charge is -2.12. The number of aromatic nitrogens is 1. The highest BCUT2D eigenvalue weighted by molar-refractivity contribution is 5.98. The van der Waals surface area contributed by atoms with Gasteiger partial charge in [-0.15, -0.1) is 0 Å². The van der Waals surface area contributed by atoms with Crippen LogP contribution in [-0.2, 0) is 17.8 Å². The number of carbonyl (C=O) groups is 2. The Balaban J connectivity index is 0.00000176. The second-order valence-corrected chi connectivity index (χ2v) is 8.54. The SMILES string of the molecule is CC.Cc1ccc(CNC(=O)c2ccc3nc(-c4ccccc4)c(CCCCC(=O)O)cc3c2)cc1. The summed E-state index contributed by atoms with van der Waals surface area (Å²) in [6.07, 6.45) is 2.26. The van der Waals surface area contributed by atoms with Crippen LogP contribution in [0, 0.1) is 6.92 Å². The van der Waals surface area contributed by atoms with Crippen LogP contribution in [0.4, 0.5) is 0 Å². The Kier molecular flexibility index (Phi) is 9.75. The minimum Gasteiger partial charge on any atom is -0.481 e. The van der Waals surface area contributed by atoms with Crippen molar-refractivity contribution in [3.8, 4) is 11.3 Å². The summed E-state index contributed by atoms with van der Waals surface area (Å²) in [6.45, 7) is 6.51. The maximum absolute atomic E-state index is 12.8. The normalized spacial score (nSPS) is 10.4. The summed E-state index contributed by atoms with van der Waals surface area (Å²) in [5, 5.41) is 12.8. The molecule has 2 N–H and O–H groups in total. The number of benzene rings is 3. The summed E-state index contributed by atoms with van der Waals surface area (Å²) in [4.78, 5) is 28.6. The molecule has 0 aliphatic heterocycles. The third kappa shape index (κ3) is 7.25. The van der Waals surface area contributed by atoms with E-state index in [1.54, 1.807) is 6.07 Å². The Morgan fingerprint density at radius 1 is 0.889 bits per heavy atom. The highest BCUT2D eigenvalue weighted by Gasteiger charge is 2.12. The number of nitrogens with one attached hydrogen (secondary N) is 1. The van der Waals surface area contributed by atoms with Crippen molar-refractivity contribution in [2.24, 2.45) is 0 Å². The van der Waals surface area contributed by atoms with Crippen LogP contribution in [-0.4, -0.2) is 22.0 Å². The number of rotatable bonds is 9. The van der Waals surface area contributed by atoms with Gasteiger partial charge in [-0.05, 0) is 61.6 Å². The van der Waals surface area contributed by atoms with Crippen LogP contribution in [0.2, 0.25) is 0 Å². The molecule has 0 aliphatic rings. The van der Waals surface area contributed by atoms with Crippen LogP contribution in [0.15, 0.2) is 78.9 Å². The average molecular weight is 483 g/mol. The van der Waals surface area contributed by atoms with Gasteiger partial charge in [-0.1, -0.05) is 74.0 Å². The molecular formula is C31H34N2O3. The van der Waals surface area contributed by atoms with E-state index in [4.69, 9.17) is 10.1 Å². The van der Waals surface area contributed by atoms with Crippen molar-refractivity contribution < 1.29 is 14.7 Å². The van der Waals surface area contributed by atoms with Gasteiger partial charge < -0.3 is 10.4 Å². The third-order valence-corrected chi connectivity index (χ3v) is 5.86. The number of unbranched alkanes of at least 4 members (excludes halogenated alkanes) is 1. The molecule has 0 radical (unpaired) electrons. The van der Waals surface area contributed by atoms with Gasteiger partial charge in [0.15, 0.2) is 0 Å². The van der Waals surface area contributed by atoms with E-state index in [-0.39, 0.29) is 12.3 Å². The number of hydrogen-bond acceptors (Lipinski definition) is 3. The monoisotopic (exact) mass is 482 g/mol. The molecule has 1 heterocycles. The number of nitrogens with zero attached hydrogens (tertiary/aromatic N) is 1. The summed E-state index contributed by atoms with van der Waals surface area (Å²) in [5.74, 6) is -0.904. The fourth-order valence-electron chi connectivity index (χ4n) is 3.98. The first kappa shape index (κ1) is 26.6. The fraction of sp³-hybridized carbons (Fsp3) is 0.258. The first-order chi connectivity index (χ1) is 17.5. The van der Waals surface area contributed by atoms with Crippen LogP contribution >= 0.6 is 0 Å². The van der Waals surface area contributed by atoms with Gasteiger partial charge in [0.2, 0.25) is 0 Å². The first-order valence-corrected chi connectivity index (χ1v) is 12.5. The smallest absolute Gasteiger partial charge is 0.303 e. The Bertz CT molecular complexity index is 1300. The minimum atomic E-state index is -0.777. The maximum atomic E-state index is 12.8. The van der Waals surface area contributed by atoms with Crippen molar-refractivity contribution in [2.75, 3.05) is 0 Å². The summed E-state index contributed by atoms with van der Waals surface area (Å²) < 4.78 is 0. The standard InChI is InChI=1S/C29H28N2O3.C2H6/c1-20-11-13-21(14-12-20)19-30-29(34)24-15-16-26-25(18-24)17-23(9-5-6-10-27(32)33)28(31-26)22-7-3-2-4-8-22;1-2/h2-4,7-8,11-18H,5-6,9-10,19H2,1H3,(H,30,34)(H,32,33);1-2H3. The Hall–Kier alpha value is -3.99. The Labute approximate surface area is 213 Å². The van der Waals surface area contributed by atoms with Crippen LogP contribution in [0.5, 0.6) is 0 Å². The quantitative estimate of drug-likeness (QED) is 0.253. The fourth-order valence-corrected chi connectivity index (χ4v) is 3.98. The molecule has 3 aromatic carbocycles. The summed E-state index contributed by atoms with van der Waals surface area (Å²) in [7, 11) is 0. The van der Waals surface area contributed by atoms with Gasteiger partial charge in [0.05, 0.1) is 11.2 Å². The number of amides is 1. The largest absolute Gasteiger partial charge is 0.481 e. The predicted octanol–water partition coefficient (Wildman–Crippen LogP) is 6.96. The molecule has 5 heteroatoms. The van der Waals surface area contributed by atoms with Crippen LogP contribution < -0.4 is 5.32 Å². The number of carboxylic acid groups (broad SMARTS) is 1. The van der Waals surface area contributed by atoms with Crippen molar-refractivity contribution in [1.29, 1.82) is 0 Å². The molecular weight excluding hydrogens is 448 g/mol. The molecule has 1 amide bonds. The predicted molar refractivity (Wildman–Crippen MR) is 146 cm³/mol.